The fourth-order valence-corrected chi connectivity index (χ4v) is 2.76. The SMILES string of the molecule is CN(C)CCC1CN(c2ccc(-c3ccccc3)nn2)CCO1. The molecule has 2 aromatic rings. The average Bonchev–Trinajstić information content (AvgIpc) is 2.61. The Morgan fingerprint density at radius 2 is 1.96 bits per heavy atom. The Hall–Kier alpha value is -1.98. The lowest BCUT2D eigenvalue weighted by Gasteiger charge is -2.34. The Labute approximate surface area is 137 Å². The lowest BCUT2D eigenvalue weighted by Crippen LogP contribution is -2.43. The number of aromatic nitrogens is 2. The van der Waals surface area contributed by atoms with Gasteiger partial charge in [0, 0.05) is 25.2 Å². The van der Waals surface area contributed by atoms with Gasteiger partial charge in [-0.1, -0.05) is 30.3 Å². The molecule has 5 heteroatoms. The van der Waals surface area contributed by atoms with Crippen LogP contribution in [0.25, 0.3) is 11.3 Å². The standard InChI is InChI=1S/C18H24N4O/c1-21(2)11-10-16-14-22(12-13-23-16)18-9-8-17(19-20-18)15-6-4-3-5-7-15/h3-9,16H,10-14H2,1-2H3. The number of nitrogens with zero attached hydrogens (tertiary/aromatic N) is 4. The van der Waals surface area contributed by atoms with E-state index in [1.54, 1.807) is 0 Å². The first-order chi connectivity index (χ1) is 11.2. The minimum absolute atomic E-state index is 0.266. The molecule has 3 rings (SSSR count). The summed E-state index contributed by atoms with van der Waals surface area (Å²) in [5.41, 5.74) is 2.00. The number of rotatable bonds is 5. The number of ether oxygens (including phenoxy) is 1. The first kappa shape index (κ1) is 15.9. The average molecular weight is 312 g/mol. The molecule has 0 aliphatic carbocycles. The Morgan fingerprint density at radius 1 is 1.13 bits per heavy atom. The molecule has 1 aromatic heterocycles. The molecule has 122 valence electrons. The molecule has 0 spiro atoms. The molecule has 1 aliphatic heterocycles. The van der Waals surface area contributed by atoms with E-state index in [1.807, 2.05) is 24.3 Å². The summed E-state index contributed by atoms with van der Waals surface area (Å²) in [6, 6.07) is 14.2. The number of anilines is 1. The van der Waals surface area contributed by atoms with Crippen molar-refractivity contribution in [1.29, 1.82) is 0 Å². The Balaban J connectivity index is 1.65. The van der Waals surface area contributed by atoms with E-state index in [9.17, 15) is 0 Å². The molecule has 1 atom stereocenters. The largest absolute Gasteiger partial charge is 0.374 e. The van der Waals surface area contributed by atoms with Gasteiger partial charge in [0.05, 0.1) is 18.4 Å². The van der Waals surface area contributed by atoms with Crippen molar-refractivity contribution in [3.63, 3.8) is 0 Å². The van der Waals surface area contributed by atoms with Crippen LogP contribution in [0.4, 0.5) is 5.82 Å². The molecule has 0 radical (unpaired) electrons. The predicted molar refractivity (Wildman–Crippen MR) is 92.6 cm³/mol. The molecule has 0 bridgehead atoms. The summed E-state index contributed by atoms with van der Waals surface area (Å²) in [5.74, 6) is 0.933. The maximum Gasteiger partial charge on any atom is 0.151 e. The van der Waals surface area contributed by atoms with Crippen molar-refractivity contribution in [2.75, 3.05) is 45.2 Å². The second-order valence-electron chi connectivity index (χ2n) is 6.17. The lowest BCUT2D eigenvalue weighted by molar-refractivity contribution is 0.0308. The molecule has 1 saturated heterocycles. The van der Waals surface area contributed by atoms with Crippen LogP contribution in [0.3, 0.4) is 0 Å². The van der Waals surface area contributed by atoms with Crippen molar-refractivity contribution in [3.8, 4) is 11.3 Å². The van der Waals surface area contributed by atoms with Crippen LogP contribution >= 0.6 is 0 Å². The van der Waals surface area contributed by atoms with Crippen LogP contribution in [0.5, 0.6) is 0 Å². The molecule has 2 heterocycles. The molecule has 1 fully saturated rings. The zero-order chi connectivity index (χ0) is 16.1. The van der Waals surface area contributed by atoms with Crippen molar-refractivity contribution < 1.29 is 4.74 Å². The quantitative estimate of drug-likeness (QED) is 0.847. The van der Waals surface area contributed by atoms with Crippen LogP contribution < -0.4 is 4.90 Å². The molecule has 1 aromatic carbocycles. The minimum atomic E-state index is 0.266. The third-order valence-corrected chi connectivity index (χ3v) is 4.08. The number of hydrogen-bond donors (Lipinski definition) is 0. The van der Waals surface area contributed by atoms with Gasteiger partial charge in [-0.05, 0) is 32.6 Å². The maximum atomic E-state index is 5.86. The highest BCUT2D eigenvalue weighted by Crippen LogP contribution is 2.20. The van der Waals surface area contributed by atoms with E-state index in [2.05, 4.69) is 52.3 Å². The first-order valence-corrected chi connectivity index (χ1v) is 8.13. The van der Waals surface area contributed by atoms with Crippen molar-refractivity contribution in [3.05, 3.63) is 42.5 Å². The minimum Gasteiger partial charge on any atom is -0.374 e. The van der Waals surface area contributed by atoms with Crippen LogP contribution in [-0.2, 0) is 4.74 Å². The smallest absolute Gasteiger partial charge is 0.151 e. The molecule has 1 unspecified atom stereocenters. The van der Waals surface area contributed by atoms with Crippen molar-refractivity contribution in [1.82, 2.24) is 15.1 Å². The van der Waals surface area contributed by atoms with E-state index in [1.165, 1.54) is 0 Å². The van der Waals surface area contributed by atoms with Gasteiger partial charge in [-0.2, -0.15) is 0 Å². The third kappa shape index (κ3) is 4.27. The molecule has 1 aliphatic rings. The predicted octanol–water partition coefficient (Wildman–Crippen LogP) is 2.30. The van der Waals surface area contributed by atoms with Gasteiger partial charge in [0.15, 0.2) is 5.82 Å². The third-order valence-electron chi connectivity index (χ3n) is 4.08. The Morgan fingerprint density at radius 3 is 2.65 bits per heavy atom. The second kappa shape index (κ2) is 7.53. The molecule has 5 nitrogen and oxygen atoms in total. The van der Waals surface area contributed by atoms with Gasteiger partial charge >= 0.3 is 0 Å². The molecule has 23 heavy (non-hydrogen) atoms. The molecule has 0 amide bonds. The van der Waals surface area contributed by atoms with Crippen molar-refractivity contribution in [2.24, 2.45) is 0 Å². The highest BCUT2D eigenvalue weighted by molar-refractivity contribution is 5.59. The molecular formula is C18H24N4O. The van der Waals surface area contributed by atoms with Crippen LogP contribution in [0.1, 0.15) is 6.42 Å². The normalized spacial score (nSPS) is 18.4. The summed E-state index contributed by atoms with van der Waals surface area (Å²) in [4.78, 5) is 4.46. The summed E-state index contributed by atoms with van der Waals surface area (Å²) in [7, 11) is 4.18. The monoisotopic (exact) mass is 312 g/mol. The number of hydrogen-bond acceptors (Lipinski definition) is 5. The highest BCUT2D eigenvalue weighted by Gasteiger charge is 2.21. The van der Waals surface area contributed by atoms with Gasteiger partial charge in [0.25, 0.3) is 0 Å². The van der Waals surface area contributed by atoms with Gasteiger partial charge in [-0.15, -0.1) is 10.2 Å². The topological polar surface area (TPSA) is 41.5 Å². The zero-order valence-electron chi connectivity index (χ0n) is 13.9. The van der Waals surface area contributed by atoms with Gasteiger partial charge in [0.2, 0.25) is 0 Å². The number of morpholine rings is 1. The van der Waals surface area contributed by atoms with Crippen LogP contribution in [0, 0.1) is 0 Å². The van der Waals surface area contributed by atoms with Gasteiger partial charge in [0.1, 0.15) is 0 Å². The molecular weight excluding hydrogens is 288 g/mol. The molecule has 0 saturated carbocycles. The van der Waals surface area contributed by atoms with E-state index >= 15 is 0 Å². The van der Waals surface area contributed by atoms with Crippen molar-refractivity contribution >= 4 is 5.82 Å². The summed E-state index contributed by atoms with van der Waals surface area (Å²) >= 11 is 0. The maximum absolute atomic E-state index is 5.86. The van der Waals surface area contributed by atoms with Crippen LogP contribution in [0.2, 0.25) is 0 Å². The van der Waals surface area contributed by atoms with Crippen molar-refractivity contribution in [2.45, 2.75) is 12.5 Å². The number of benzene rings is 1. The summed E-state index contributed by atoms with van der Waals surface area (Å²) < 4.78 is 5.86. The highest BCUT2D eigenvalue weighted by atomic mass is 16.5. The van der Waals surface area contributed by atoms with E-state index in [0.29, 0.717) is 0 Å². The van der Waals surface area contributed by atoms with Gasteiger partial charge in [-0.3, -0.25) is 0 Å². The van der Waals surface area contributed by atoms with Crippen LogP contribution in [-0.4, -0.2) is 61.5 Å². The van der Waals surface area contributed by atoms with Gasteiger partial charge in [-0.25, -0.2) is 0 Å². The summed E-state index contributed by atoms with van der Waals surface area (Å²) in [6.07, 6.45) is 1.31. The summed E-state index contributed by atoms with van der Waals surface area (Å²) in [6.45, 7) is 3.54. The summed E-state index contributed by atoms with van der Waals surface area (Å²) in [5, 5.41) is 8.80. The fourth-order valence-electron chi connectivity index (χ4n) is 2.76. The second-order valence-corrected chi connectivity index (χ2v) is 6.17. The van der Waals surface area contributed by atoms with E-state index < -0.39 is 0 Å². The van der Waals surface area contributed by atoms with E-state index in [4.69, 9.17) is 4.74 Å². The van der Waals surface area contributed by atoms with E-state index in [-0.39, 0.29) is 6.10 Å². The lowest BCUT2D eigenvalue weighted by atomic mass is 10.1. The fraction of sp³-hybridized carbons (Fsp3) is 0.444. The Bertz CT molecular complexity index is 600. The van der Waals surface area contributed by atoms with E-state index in [0.717, 1.165) is 49.7 Å². The van der Waals surface area contributed by atoms with Gasteiger partial charge < -0.3 is 14.5 Å². The van der Waals surface area contributed by atoms with Crippen LogP contribution in [0.15, 0.2) is 42.5 Å². The molecule has 0 N–H and O–H groups in total. The Kier molecular flexibility index (Phi) is 5.20. The zero-order valence-corrected chi connectivity index (χ0v) is 13.9. The first-order valence-electron chi connectivity index (χ1n) is 8.13.